The highest BCUT2D eigenvalue weighted by molar-refractivity contribution is 5.73. The smallest absolute Gasteiger partial charge is 0.315 e. The van der Waals surface area contributed by atoms with Crippen LogP contribution < -0.4 is 10.6 Å². The van der Waals surface area contributed by atoms with Crippen LogP contribution in [0, 0.1) is 0 Å². The van der Waals surface area contributed by atoms with Crippen molar-refractivity contribution in [3.05, 3.63) is 47.0 Å². The van der Waals surface area contributed by atoms with Gasteiger partial charge in [-0.2, -0.15) is 0 Å². The quantitative estimate of drug-likeness (QED) is 0.842. The van der Waals surface area contributed by atoms with Crippen LogP contribution >= 0.6 is 0 Å². The predicted molar refractivity (Wildman–Crippen MR) is 93.8 cm³/mol. The Labute approximate surface area is 147 Å². The van der Waals surface area contributed by atoms with Crippen molar-refractivity contribution in [2.75, 3.05) is 7.11 Å². The molecular weight excluding hydrogens is 318 g/mol. The summed E-state index contributed by atoms with van der Waals surface area (Å²) in [5.74, 6) is 1.86. The van der Waals surface area contributed by atoms with Gasteiger partial charge in [-0.1, -0.05) is 30.7 Å². The summed E-state index contributed by atoms with van der Waals surface area (Å²) >= 11 is 0. The summed E-state index contributed by atoms with van der Waals surface area (Å²) in [7, 11) is 1.67. The second kappa shape index (κ2) is 8.62. The van der Waals surface area contributed by atoms with Crippen molar-refractivity contribution < 1.29 is 9.53 Å². The molecule has 0 radical (unpaired) electrons. The van der Waals surface area contributed by atoms with Crippen molar-refractivity contribution in [2.45, 2.75) is 51.9 Å². The standard InChI is InChI=1S/C18H25N5O2/c1-25-13-15-8-5-4-7-14(15)11-19-18(24)20-12-17-22-21-16-9-3-2-6-10-23(16)17/h4-5,7-8H,2-3,6,9-13H2,1H3,(H2,19,20,24). The van der Waals surface area contributed by atoms with Gasteiger partial charge >= 0.3 is 6.03 Å². The van der Waals surface area contributed by atoms with Crippen molar-refractivity contribution in [2.24, 2.45) is 0 Å². The molecule has 7 nitrogen and oxygen atoms in total. The highest BCUT2D eigenvalue weighted by Crippen LogP contribution is 2.14. The molecule has 0 spiro atoms. The number of ether oxygens (including phenoxy) is 1. The summed E-state index contributed by atoms with van der Waals surface area (Å²) in [6.45, 7) is 2.32. The molecule has 0 unspecified atom stereocenters. The molecule has 0 fully saturated rings. The van der Waals surface area contributed by atoms with Crippen LogP contribution in [0.4, 0.5) is 4.79 Å². The summed E-state index contributed by atoms with van der Waals surface area (Å²) < 4.78 is 7.33. The Hall–Kier alpha value is -2.41. The average Bonchev–Trinajstić information content (AvgIpc) is 2.86. The fourth-order valence-electron chi connectivity index (χ4n) is 3.10. The van der Waals surface area contributed by atoms with E-state index in [0.29, 0.717) is 19.7 Å². The number of rotatable bonds is 6. The first kappa shape index (κ1) is 17.4. The first-order valence-electron chi connectivity index (χ1n) is 8.76. The Morgan fingerprint density at radius 3 is 2.76 bits per heavy atom. The van der Waals surface area contributed by atoms with Crippen molar-refractivity contribution in [1.82, 2.24) is 25.4 Å². The normalized spacial score (nSPS) is 13.8. The molecule has 1 aliphatic rings. The fourth-order valence-corrected chi connectivity index (χ4v) is 3.10. The molecule has 1 aromatic heterocycles. The molecule has 1 aromatic carbocycles. The van der Waals surface area contributed by atoms with Crippen molar-refractivity contribution in [3.8, 4) is 0 Å². The molecule has 1 aliphatic heterocycles. The second-order valence-corrected chi connectivity index (χ2v) is 6.23. The molecule has 7 heteroatoms. The number of hydrogen-bond donors (Lipinski definition) is 2. The number of carbonyl (C=O) groups is 1. The zero-order valence-electron chi connectivity index (χ0n) is 14.6. The van der Waals surface area contributed by atoms with E-state index in [-0.39, 0.29) is 6.03 Å². The van der Waals surface area contributed by atoms with Crippen LogP contribution in [0.25, 0.3) is 0 Å². The molecule has 2 heterocycles. The number of aromatic nitrogens is 3. The highest BCUT2D eigenvalue weighted by Gasteiger charge is 2.15. The van der Waals surface area contributed by atoms with Crippen LogP contribution in [0.1, 0.15) is 42.0 Å². The lowest BCUT2D eigenvalue weighted by Gasteiger charge is -2.11. The van der Waals surface area contributed by atoms with Crippen LogP contribution in [0.15, 0.2) is 24.3 Å². The number of nitrogens with one attached hydrogen (secondary N) is 2. The Balaban J connectivity index is 1.51. The highest BCUT2D eigenvalue weighted by atomic mass is 16.5. The molecule has 2 aromatic rings. The van der Waals surface area contributed by atoms with Crippen LogP contribution in [0.5, 0.6) is 0 Å². The number of aryl methyl sites for hydroxylation is 1. The average molecular weight is 343 g/mol. The summed E-state index contributed by atoms with van der Waals surface area (Å²) in [5.41, 5.74) is 2.13. The van der Waals surface area contributed by atoms with E-state index >= 15 is 0 Å². The lowest BCUT2D eigenvalue weighted by atomic mass is 10.1. The number of urea groups is 1. The van der Waals surface area contributed by atoms with E-state index in [1.165, 1.54) is 6.42 Å². The Morgan fingerprint density at radius 2 is 1.92 bits per heavy atom. The van der Waals surface area contributed by atoms with E-state index in [1.807, 2.05) is 24.3 Å². The van der Waals surface area contributed by atoms with Crippen molar-refractivity contribution >= 4 is 6.03 Å². The minimum absolute atomic E-state index is 0.210. The topological polar surface area (TPSA) is 81.1 Å². The maximum atomic E-state index is 12.1. The first-order valence-corrected chi connectivity index (χ1v) is 8.76. The molecule has 134 valence electrons. The first-order chi connectivity index (χ1) is 12.3. The molecule has 0 aliphatic carbocycles. The zero-order chi connectivity index (χ0) is 17.5. The minimum Gasteiger partial charge on any atom is -0.380 e. The maximum absolute atomic E-state index is 12.1. The van der Waals surface area contributed by atoms with Gasteiger partial charge in [0, 0.05) is 26.6 Å². The lowest BCUT2D eigenvalue weighted by Crippen LogP contribution is -2.35. The fraction of sp³-hybridized carbons (Fsp3) is 0.500. The molecule has 0 saturated heterocycles. The molecule has 3 rings (SSSR count). The SMILES string of the molecule is COCc1ccccc1CNC(=O)NCc1nnc2n1CCCCC2. The number of carbonyl (C=O) groups excluding carboxylic acids is 1. The molecule has 2 N–H and O–H groups in total. The van der Waals surface area contributed by atoms with Crippen LogP contribution in [0.2, 0.25) is 0 Å². The number of methoxy groups -OCH3 is 1. The second-order valence-electron chi connectivity index (χ2n) is 6.23. The van der Waals surface area contributed by atoms with Gasteiger partial charge < -0.3 is 19.9 Å². The zero-order valence-corrected chi connectivity index (χ0v) is 14.6. The van der Waals surface area contributed by atoms with Gasteiger partial charge in [0.25, 0.3) is 0 Å². The van der Waals surface area contributed by atoms with Gasteiger partial charge in [0.05, 0.1) is 13.2 Å². The van der Waals surface area contributed by atoms with Gasteiger partial charge in [-0.15, -0.1) is 10.2 Å². The number of hydrogen-bond acceptors (Lipinski definition) is 4. The van der Waals surface area contributed by atoms with E-state index in [1.54, 1.807) is 7.11 Å². The summed E-state index contributed by atoms with van der Waals surface area (Å²) in [5, 5.41) is 14.2. The van der Waals surface area contributed by atoms with Gasteiger partial charge in [0.15, 0.2) is 5.82 Å². The van der Waals surface area contributed by atoms with Gasteiger partial charge in [0.2, 0.25) is 0 Å². The van der Waals surface area contributed by atoms with E-state index < -0.39 is 0 Å². The van der Waals surface area contributed by atoms with Crippen LogP contribution in [-0.2, 0) is 37.4 Å². The van der Waals surface area contributed by atoms with Crippen molar-refractivity contribution in [1.29, 1.82) is 0 Å². The largest absolute Gasteiger partial charge is 0.380 e. The maximum Gasteiger partial charge on any atom is 0.315 e. The molecule has 0 bridgehead atoms. The predicted octanol–water partition coefficient (Wildman–Crippen LogP) is 2.15. The molecule has 0 saturated carbocycles. The Bertz CT molecular complexity index is 713. The molecule has 25 heavy (non-hydrogen) atoms. The molecular formula is C18H25N5O2. The monoisotopic (exact) mass is 343 g/mol. The third kappa shape index (κ3) is 4.57. The Morgan fingerprint density at radius 1 is 1.12 bits per heavy atom. The number of benzene rings is 1. The number of amides is 2. The molecule has 2 amide bonds. The third-order valence-electron chi connectivity index (χ3n) is 4.45. The van der Waals surface area contributed by atoms with E-state index in [9.17, 15) is 4.79 Å². The van der Waals surface area contributed by atoms with Gasteiger partial charge in [-0.3, -0.25) is 0 Å². The van der Waals surface area contributed by atoms with Crippen LogP contribution in [-0.4, -0.2) is 27.9 Å². The number of nitrogens with zero attached hydrogens (tertiary/aromatic N) is 3. The summed E-state index contributed by atoms with van der Waals surface area (Å²) in [4.78, 5) is 12.1. The van der Waals surface area contributed by atoms with Crippen LogP contribution in [0.3, 0.4) is 0 Å². The van der Waals surface area contributed by atoms with Gasteiger partial charge in [0.1, 0.15) is 5.82 Å². The number of fused-ring (bicyclic) bond motifs is 1. The minimum atomic E-state index is -0.210. The van der Waals surface area contributed by atoms with E-state index in [4.69, 9.17) is 4.74 Å². The summed E-state index contributed by atoms with van der Waals surface area (Å²) in [6, 6.07) is 7.71. The van der Waals surface area contributed by atoms with Crippen molar-refractivity contribution in [3.63, 3.8) is 0 Å². The van der Waals surface area contributed by atoms with E-state index in [2.05, 4.69) is 25.4 Å². The lowest BCUT2D eigenvalue weighted by molar-refractivity contribution is 0.184. The third-order valence-corrected chi connectivity index (χ3v) is 4.45. The summed E-state index contributed by atoms with van der Waals surface area (Å²) in [6.07, 6.45) is 4.49. The van der Waals surface area contributed by atoms with Gasteiger partial charge in [-0.25, -0.2) is 4.79 Å². The molecule has 0 atom stereocenters. The Kier molecular flexibility index (Phi) is 6.00. The van der Waals surface area contributed by atoms with Gasteiger partial charge in [-0.05, 0) is 24.0 Å². The van der Waals surface area contributed by atoms with E-state index in [0.717, 1.165) is 48.6 Å².